The number of ether oxygens (including phenoxy) is 2. The van der Waals surface area contributed by atoms with Gasteiger partial charge in [-0.2, -0.15) is 0 Å². The van der Waals surface area contributed by atoms with Crippen LogP contribution in [0.1, 0.15) is 83.1 Å². The molecule has 0 aromatic heterocycles. The number of hydrogen-bond donors (Lipinski definition) is 0. The third-order valence-electron chi connectivity index (χ3n) is 9.36. The van der Waals surface area contributed by atoms with E-state index in [1.807, 2.05) is 20.8 Å². The summed E-state index contributed by atoms with van der Waals surface area (Å²) >= 11 is 0. The van der Waals surface area contributed by atoms with E-state index in [1.54, 1.807) is 0 Å². The van der Waals surface area contributed by atoms with Crippen LogP contribution in [0.15, 0.2) is 0 Å². The van der Waals surface area contributed by atoms with Gasteiger partial charge in [0.15, 0.2) is 0 Å². The van der Waals surface area contributed by atoms with Crippen LogP contribution in [0.25, 0.3) is 0 Å². The van der Waals surface area contributed by atoms with Crippen LogP contribution in [0.5, 0.6) is 0 Å². The van der Waals surface area contributed by atoms with Gasteiger partial charge in [-0.3, -0.25) is 9.59 Å². The van der Waals surface area contributed by atoms with Crippen molar-refractivity contribution in [2.24, 2.45) is 49.2 Å². The average molecular weight is 405 g/mol. The van der Waals surface area contributed by atoms with Crippen LogP contribution in [-0.2, 0) is 19.1 Å². The van der Waals surface area contributed by atoms with Crippen LogP contribution >= 0.6 is 0 Å². The predicted octanol–water partition coefficient (Wildman–Crippen LogP) is 5.24. The van der Waals surface area contributed by atoms with Gasteiger partial charge >= 0.3 is 11.9 Å². The molecule has 0 bridgehead atoms. The number of carbonyl (C=O) groups is 2. The zero-order chi connectivity index (χ0) is 22.6. The van der Waals surface area contributed by atoms with Crippen molar-refractivity contribution in [2.45, 2.75) is 88.7 Å². The third-order valence-corrected chi connectivity index (χ3v) is 9.36. The summed E-state index contributed by atoms with van der Waals surface area (Å²) in [6.45, 7) is 25.9. The number of hydrogen-bond acceptors (Lipinski definition) is 4. The quantitative estimate of drug-likeness (QED) is 0.591. The Labute approximate surface area is 176 Å². The standard InChI is InChI=1S/C25H40O4/c1-17(2,3)23-14-21(23,16(27)29-20(10,11)12)24(18(4,5)6)22(14,15(26)28-13)25(23,24)19(7,8)9/h14H,1-13H3. The molecule has 6 atom stereocenters. The minimum absolute atomic E-state index is 0.0169. The minimum atomic E-state index is -0.592. The molecule has 5 aliphatic carbocycles. The van der Waals surface area contributed by atoms with Crippen LogP contribution in [0.3, 0.4) is 0 Å². The lowest BCUT2D eigenvalue weighted by atomic mass is 9.39. The molecular weight excluding hydrogens is 364 g/mol. The van der Waals surface area contributed by atoms with E-state index >= 15 is 0 Å². The topological polar surface area (TPSA) is 52.6 Å². The molecule has 0 radical (unpaired) electrons. The molecule has 4 nitrogen and oxygen atoms in total. The summed E-state index contributed by atoms with van der Waals surface area (Å²) in [6, 6.07) is 0. The van der Waals surface area contributed by atoms with E-state index in [4.69, 9.17) is 9.47 Å². The Morgan fingerprint density at radius 3 is 1.41 bits per heavy atom. The van der Waals surface area contributed by atoms with Gasteiger partial charge < -0.3 is 9.47 Å². The molecule has 5 fully saturated rings. The molecule has 0 N–H and O–H groups in total. The maximum absolute atomic E-state index is 13.9. The van der Waals surface area contributed by atoms with Crippen molar-refractivity contribution in [1.29, 1.82) is 0 Å². The molecule has 0 saturated heterocycles. The summed E-state index contributed by atoms with van der Waals surface area (Å²) in [5.41, 5.74) is -3.12. The molecule has 0 spiro atoms. The summed E-state index contributed by atoms with van der Waals surface area (Å²) in [5, 5.41) is 0. The van der Waals surface area contributed by atoms with E-state index in [2.05, 4.69) is 62.3 Å². The molecule has 0 amide bonds. The first-order chi connectivity index (χ1) is 12.7. The smallest absolute Gasteiger partial charge is 0.314 e. The van der Waals surface area contributed by atoms with E-state index in [9.17, 15) is 9.59 Å². The maximum Gasteiger partial charge on any atom is 0.314 e. The summed E-state index contributed by atoms with van der Waals surface area (Å²) in [7, 11) is 1.50. The van der Waals surface area contributed by atoms with Crippen LogP contribution in [0, 0.1) is 49.2 Å². The van der Waals surface area contributed by atoms with Crippen molar-refractivity contribution in [3.05, 3.63) is 0 Å². The van der Waals surface area contributed by atoms with Crippen LogP contribution in [0.4, 0.5) is 0 Å². The van der Waals surface area contributed by atoms with Gasteiger partial charge in [0.2, 0.25) is 0 Å². The van der Waals surface area contributed by atoms with Crippen molar-refractivity contribution >= 4 is 11.9 Å². The van der Waals surface area contributed by atoms with Gasteiger partial charge in [0.25, 0.3) is 0 Å². The molecule has 0 aliphatic heterocycles. The lowest BCUT2D eigenvalue weighted by Gasteiger charge is -2.63. The molecule has 4 heteroatoms. The summed E-state index contributed by atoms with van der Waals surface area (Å²) < 4.78 is 11.5. The van der Waals surface area contributed by atoms with E-state index in [0.29, 0.717) is 0 Å². The lowest BCUT2D eigenvalue weighted by molar-refractivity contribution is -0.213. The largest absolute Gasteiger partial charge is 0.469 e. The SMILES string of the molecule is COC(=O)C12C3C4(C(=O)OC(C)(C)C)C3(C(C)(C)C)C1(C(C)(C)C)C42C(C)(C)C. The number of rotatable bonds is 2. The molecule has 5 aliphatic rings. The van der Waals surface area contributed by atoms with Gasteiger partial charge in [0, 0.05) is 22.2 Å². The molecule has 6 unspecified atom stereocenters. The van der Waals surface area contributed by atoms with Crippen LogP contribution in [-0.4, -0.2) is 24.6 Å². The first-order valence-corrected chi connectivity index (χ1v) is 11.0. The Hall–Kier alpha value is -1.06. The molecule has 0 heterocycles. The highest BCUT2D eigenvalue weighted by atomic mass is 16.6. The second-order valence-electron chi connectivity index (χ2n) is 14.1. The predicted molar refractivity (Wildman–Crippen MR) is 112 cm³/mol. The maximum atomic E-state index is 13.9. The Balaban J connectivity index is 2.03. The monoisotopic (exact) mass is 404 g/mol. The lowest BCUT2D eigenvalue weighted by Crippen LogP contribution is -2.64. The van der Waals surface area contributed by atoms with Crippen molar-refractivity contribution in [3.63, 3.8) is 0 Å². The summed E-state index contributed by atoms with van der Waals surface area (Å²) in [6.07, 6.45) is 0. The minimum Gasteiger partial charge on any atom is -0.469 e. The van der Waals surface area contributed by atoms with Gasteiger partial charge in [-0.1, -0.05) is 62.3 Å². The van der Waals surface area contributed by atoms with E-state index in [-0.39, 0.29) is 44.9 Å². The Morgan fingerprint density at radius 2 is 1.10 bits per heavy atom. The number of methoxy groups -OCH3 is 1. The Morgan fingerprint density at radius 1 is 0.655 bits per heavy atom. The Bertz CT molecular complexity index is 844. The van der Waals surface area contributed by atoms with Gasteiger partial charge in [-0.15, -0.1) is 0 Å². The van der Waals surface area contributed by atoms with E-state index in [1.165, 1.54) is 7.11 Å². The molecule has 164 valence electrons. The molecule has 29 heavy (non-hydrogen) atoms. The van der Waals surface area contributed by atoms with Crippen molar-refractivity contribution in [3.8, 4) is 0 Å². The fourth-order valence-electron chi connectivity index (χ4n) is 10.6. The fourth-order valence-corrected chi connectivity index (χ4v) is 10.6. The summed E-state index contributed by atoms with van der Waals surface area (Å²) in [5.74, 6) is -0.205. The van der Waals surface area contributed by atoms with Crippen molar-refractivity contribution < 1.29 is 19.1 Å². The van der Waals surface area contributed by atoms with Gasteiger partial charge in [0.05, 0.1) is 17.9 Å². The zero-order valence-corrected chi connectivity index (χ0v) is 20.7. The highest BCUT2D eigenvalue weighted by Gasteiger charge is 3.38. The zero-order valence-electron chi connectivity index (χ0n) is 20.7. The fraction of sp³-hybridized carbons (Fsp3) is 0.920. The van der Waals surface area contributed by atoms with Gasteiger partial charge in [-0.05, 0) is 37.0 Å². The van der Waals surface area contributed by atoms with Gasteiger partial charge in [0.1, 0.15) is 5.60 Å². The molecule has 0 aromatic carbocycles. The normalized spacial score (nSPS) is 46.7. The molecular formula is C25H40O4. The second-order valence-corrected chi connectivity index (χ2v) is 14.1. The van der Waals surface area contributed by atoms with Gasteiger partial charge in [-0.25, -0.2) is 0 Å². The third kappa shape index (κ3) is 1.31. The number of carbonyl (C=O) groups excluding carboxylic acids is 2. The van der Waals surface area contributed by atoms with E-state index in [0.717, 1.165) is 0 Å². The van der Waals surface area contributed by atoms with E-state index < -0.39 is 21.8 Å². The first kappa shape index (κ1) is 21.2. The average Bonchev–Trinajstić information content (AvgIpc) is 2.96. The van der Waals surface area contributed by atoms with Crippen LogP contribution < -0.4 is 0 Å². The number of esters is 2. The van der Waals surface area contributed by atoms with Crippen LogP contribution in [0.2, 0.25) is 0 Å². The highest BCUT2D eigenvalue weighted by Crippen LogP contribution is 3.33. The Kier molecular flexibility index (Phi) is 3.24. The summed E-state index contributed by atoms with van der Waals surface area (Å²) in [4.78, 5) is 27.4. The first-order valence-electron chi connectivity index (χ1n) is 11.0. The molecule has 0 aromatic rings. The van der Waals surface area contributed by atoms with Crippen molar-refractivity contribution in [1.82, 2.24) is 0 Å². The highest BCUT2D eigenvalue weighted by molar-refractivity contribution is 6.10. The molecule has 5 rings (SSSR count). The van der Waals surface area contributed by atoms with Crippen molar-refractivity contribution in [2.75, 3.05) is 7.11 Å². The second kappa shape index (κ2) is 4.43. The molecule has 5 saturated carbocycles.